The number of rotatable bonds is 3. The molecule has 3 unspecified atom stereocenters. The first kappa shape index (κ1) is 17.6. The Morgan fingerprint density at radius 3 is 2.35 bits per heavy atom. The maximum absolute atomic E-state index is 6.13. The molecule has 5 nitrogen and oxygen atoms in total. The second-order valence-electron chi connectivity index (χ2n) is 8.43. The van der Waals surface area contributed by atoms with Crippen LogP contribution in [0.5, 0.6) is 0 Å². The maximum atomic E-state index is 6.13. The number of ether oxygens (including phenoxy) is 3. The Morgan fingerprint density at radius 2 is 1.74 bits per heavy atom. The first-order valence-corrected chi connectivity index (χ1v) is 9.23. The van der Waals surface area contributed by atoms with Gasteiger partial charge in [-0.3, -0.25) is 0 Å². The van der Waals surface area contributed by atoms with E-state index in [0.717, 1.165) is 51.9 Å². The number of hydrogen-bond donors (Lipinski definition) is 2. The van der Waals surface area contributed by atoms with E-state index < -0.39 is 0 Å². The zero-order chi connectivity index (χ0) is 16.5. The molecule has 2 saturated heterocycles. The summed E-state index contributed by atoms with van der Waals surface area (Å²) in [5, 5.41) is 7.35. The van der Waals surface area contributed by atoms with Crippen molar-refractivity contribution in [3.63, 3.8) is 0 Å². The van der Waals surface area contributed by atoms with Crippen molar-refractivity contribution in [2.24, 2.45) is 5.41 Å². The fourth-order valence-corrected chi connectivity index (χ4v) is 4.19. The summed E-state index contributed by atoms with van der Waals surface area (Å²) in [5.41, 5.74) is 0.150. The summed E-state index contributed by atoms with van der Waals surface area (Å²) in [7, 11) is 1.82. The van der Waals surface area contributed by atoms with Crippen molar-refractivity contribution < 1.29 is 14.2 Å². The molecule has 0 aromatic heterocycles. The van der Waals surface area contributed by atoms with Gasteiger partial charge >= 0.3 is 0 Å². The van der Waals surface area contributed by atoms with Crippen LogP contribution >= 0.6 is 0 Å². The predicted octanol–water partition coefficient (Wildman–Crippen LogP) is 2.05. The van der Waals surface area contributed by atoms with Gasteiger partial charge in [-0.2, -0.15) is 0 Å². The molecular weight excluding hydrogens is 292 g/mol. The Kier molecular flexibility index (Phi) is 5.33. The van der Waals surface area contributed by atoms with Gasteiger partial charge in [0.05, 0.1) is 19.3 Å². The van der Waals surface area contributed by atoms with E-state index in [0.29, 0.717) is 18.1 Å². The summed E-state index contributed by atoms with van der Waals surface area (Å²) >= 11 is 0. The van der Waals surface area contributed by atoms with Crippen LogP contribution in [0.1, 0.15) is 52.9 Å². The van der Waals surface area contributed by atoms with Gasteiger partial charge in [-0.25, -0.2) is 0 Å². The molecule has 0 radical (unpaired) electrons. The summed E-state index contributed by atoms with van der Waals surface area (Å²) in [6.45, 7) is 9.30. The smallest absolute Gasteiger partial charge is 0.168 e. The molecule has 3 aliphatic rings. The molecule has 0 aromatic carbocycles. The summed E-state index contributed by atoms with van der Waals surface area (Å²) in [4.78, 5) is 0. The molecule has 2 heterocycles. The van der Waals surface area contributed by atoms with Crippen LogP contribution in [0, 0.1) is 5.41 Å². The van der Waals surface area contributed by atoms with Crippen LogP contribution in [0.25, 0.3) is 0 Å². The molecule has 2 aliphatic heterocycles. The molecule has 1 saturated carbocycles. The van der Waals surface area contributed by atoms with Crippen molar-refractivity contribution in [1.29, 1.82) is 0 Å². The molecule has 5 heteroatoms. The van der Waals surface area contributed by atoms with E-state index in [1.165, 1.54) is 0 Å². The van der Waals surface area contributed by atoms with E-state index in [2.05, 4.69) is 31.4 Å². The average molecular weight is 326 g/mol. The number of methoxy groups -OCH3 is 1. The molecule has 0 amide bonds. The monoisotopic (exact) mass is 326 g/mol. The van der Waals surface area contributed by atoms with Gasteiger partial charge in [0.15, 0.2) is 5.79 Å². The van der Waals surface area contributed by atoms with Gasteiger partial charge in [0.1, 0.15) is 0 Å². The van der Waals surface area contributed by atoms with Crippen LogP contribution in [-0.2, 0) is 14.2 Å². The lowest BCUT2D eigenvalue weighted by atomic mass is 9.86. The fourth-order valence-electron chi connectivity index (χ4n) is 4.19. The highest BCUT2D eigenvalue weighted by Crippen LogP contribution is 2.39. The van der Waals surface area contributed by atoms with Gasteiger partial charge < -0.3 is 24.8 Å². The van der Waals surface area contributed by atoms with Crippen LogP contribution in [-0.4, -0.2) is 56.9 Å². The largest absolute Gasteiger partial charge is 0.378 e. The zero-order valence-electron chi connectivity index (χ0n) is 15.2. The summed E-state index contributed by atoms with van der Waals surface area (Å²) in [6.07, 6.45) is 5.62. The Balaban J connectivity index is 1.49. The first-order chi connectivity index (χ1) is 10.9. The lowest BCUT2D eigenvalue weighted by Gasteiger charge is -2.47. The second-order valence-corrected chi connectivity index (χ2v) is 8.43. The van der Waals surface area contributed by atoms with E-state index in [1.54, 1.807) is 0 Å². The van der Waals surface area contributed by atoms with Crippen LogP contribution in [0.3, 0.4) is 0 Å². The van der Waals surface area contributed by atoms with Gasteiger partial charge in [-0.1, -0.05) is 13.8 Å². The average Bonchev–Trinajstić information content (AvgIpc) is 2.53. The van der Waals surface area contributed by atoms with Crippen molar-refractivity contribution in [1.82, 2.24) is 10.6 Å². The fraction of sp³-hybridized carbons (Fsp3) is 1.00. The maximum Gasteiger partial charge on any atom is 0.168 e. The Hall–Kier alpha value is -0.200. The lowest BCUT2D eigenvalue weighted by Crippen LogP contribution is -2.60. The third kappa shape index (κ3) is 4.07. The lowest BCUT2D eigenvalue weighted by molar-refractivity contribution is -0.311. The Morgan fingerprint density at radius 1 is 1.09 bits per heavy atom. The van der Waals surface area contributed by atoms with Gasteiger partial charge in [-0.05, 0) is 32.7 Å². The van der Waals surface area contributed by atoms with Crippen molar-refractivity contribution in [3.8, 4) is 0 Å². The SMILES string of the molecule is COC1C(C)NCCC1NC1CCC2(CC1)OCC(C)(C)CO2. The standard InChI is InChI=1S/C18H34N2O3/c1-13-16(21-4)15(7-10-19-13)20-14-5-8-18(9-6-14)22-11-17(2,3)12-23-18/h13-16,19-20H,5-12H2,1-4H3. The zero-order valence-corrected chi connectivity index (χ0v) is 15.2. The molecule has 23 heavy (non-hydrogen) atoms. The van der Waals surface area contributed by atoms with E-state index in [-0.39, 0.29) is 17.3 Å². The topological polar surface area (TPSA) is 51.8 Å². The first-order valence-electron chi connectivity index (χ1n) is 9.23. The van der Waals surface area contributed by atoms with E-state index >= 15 is 0 Å². The summed E-state index contributed by atoms with van der Waals surface area (Å²) in [6, 6.07) is 1.41. The predicted molar refractivity (Wildman–Crippen MR) is 90.5 cm³/mol. The highest BCUT2D eigenvalue weighted by Gasteiger charge is 2.44. The number of piperidine rings is 1. The summed E-state index contributed by atoms with van der Waals surface area (Å²) in [5.74, 6) is -0.310. The minimum Gasteiger partial charge on any atom is -0.378 e. The van der Waals surface area contributed by atoms with Crippen LogP contribution in [0.4, 0.5) is 0 Å². The minimum atomic E-state index is -0.310. The van der Waals surface area contributed by atoms with Gasteiger partial charge in [0.25, 0.3) is 0 Å². The van der Waals surface area contributed by atoms with Gasteiger partial charge in [0.2, 0.25) is 0 Å². The number of hydrogen-bond acceptors (Lipinski definition) is 5. The van der Waals surface area contributed by atoms with Crippen molar-refractivity contribution >= 4 is 0 Å². The third-order valence-corrected chi connectivity index (χ3v) is 5.73. The molecule has 1 aliphatic carbocycles. The van der Waals surface area contributed by atoms with Crippen molar-refractivity contribution in [2.75, 3.05) is 26.9 Å². The molecule has 1 spiro atoms. The molecule has 3 fully saturated rings. The third-order valence-electron chi connectivity index (χ3n) is 5.73. The minimum absolute atomic E-state index is 0.150. The normalized spacial score (nSPS) is 37.8. The molecule has 0 aromatic rings. The van der Waals surface area contributed by atoms with Crippen LogP contribution in [0.2, 0.25) is 0 Å². The second kappa shape index (κ2) is 6.96. The van der Waals surface area contributed by atoms with Crippen LogP contribution < -0.4 is 10.6 Å². The van der Waals surface area contributed by atoms with E-state index in [9.17, 15) is 0 Å². The van der Waals surface area contributed by atoms with Gasteiger partial charge in [0, 0.05) is 43.5 Å². The van der Waals surface area contributed by atoms with Crippen molar-refractivity contribution in [2.45, 2.75) is 82.9 Å². The highest BCUT2D eigenvalue weighted by molar-refractivity contribution is 4.94. The molecule has 0 bridgehead atoms. The van der Waals surface area contributed by atoms with Crippen molar-refractivity contribution in [3.05, 3.63) is 0 Å². The highest BCUT2D eigenvalue weighted by atomic mass is 16.7. The van der Waals surface area contributed by atoms with E-state index in [4.69, 9.17) is 14.2 Å². The Bertz CT molecular complexity index is 382. The molecule has 2 N–H and O–H groups in total. The molecule has 134 valence electrons. The Labute approximate surface area is 140 Å². The van der Waals surface area contributed by atoms with Crippen LogP contribution in [0.15, 0.2) is 0 Å². The molecular formula is C18H34N2O3. The van der Waals surface area contributed by atoms with Gasteiger partial charge in [-0.15, -0.1) is 0 Å². The quantitative estimate of drug-likeness (QED) is 0.831. The molecule has 3 atom stereocenters. The molecule has 3 rings (SSSR count). The van der Waals surface area contributed by atoms with E-state index in [1.807, 2.05) is 7.11 Å². The number of nitrogens with one attached hydrogen (secondary N) is 2. The summed E-state index contributed by atoms with van der Waals surface area (Å²) < 4.78 is 18.0.